The highest BCUT2D eigenvalue weighted by Gasteiger charge is 2.32. The van der Waals surface area contributed by atoms with E-state index in [0.717, 1.165) is 23.5 Å². The molecule has 1 N–H and O–H groups in total. The monoisotopic (exact) mass is 441 g/mol. The van der Waals surface area contributed by atoms with Gasteiger partial charge in [-0.25, -0.2) is 5.01 Å². The van der Waals surface area contributed by atoms with Gasteiger partial charge in [0.05, 0.1) is 13.2 Å². The Balaban J connectivity index is 1.48. The van der Waals surface area contributed by atoms with E-state index in [9.17, 15) is 9.59 Å². The molecule has 2 aromatic carbocycles. The maximum absolute atomic E-state index is 11.9. The van der Waals surface area contributed by atoms with Crippen LogP contribution in [0.15, 0.2) is 47.6 Å². The second-order valence-electron chi connectivity index (χ2n) is 7.29. The Morgan fingerprint density at radius 1 is 1.00 bits per heavy atom. The molecule has 8 heteroatoms. The van der Waals surface area contributed by atoms with Crippen LogP contribution in [0.3, 0.4) is 0 Å². The van der Waals surface area contributed by atoms with Crippen LogP contribution in [-0.4, -0.2) is 35.2 Å². The zero-order chi connectivity index (χ0) is 22.4. The quantitative estimate of drug-likeness (QED) is 0.653. The third kappa shape index (κ3) is 6.24. The SMILES string of the molecule is CC(=O)NC1=NN(C(C)=O)[C@H](c2ccc(OCCCOc3ccc(C)c(C)c3)cc2)S1. The van der Waals surface area contributed by atoms with E-state index >= 15 is 0 Å². The van der Waals surface area contributed by atoms with E-state index in [0.29, 0.717) is 18.4 Å². The molecule has 0 spiro atoms. The molecule has 2 aromatic rings. The van der Waals surface area contributed by atoms with Gasteiger partial charge in [-0.3, -0.25) is 9.59 Å². The maximum atomic E-state index is 11.9. The molecule has 0 aromatic heterocycles. The Labute approximate surface area is 186 Å². The molecule has 0 fully saturated rings. The molecule has 0 radical (unpaired) electrons. The largest absolute Gasteiger partial charge is 0.493 e. The lowest BCUT2D eigenvalue weighted by Gasteiger charge is -2.19. The van der Waals surface area contributed by atoms with Gasteiger partial charge < -0.3 is 14.8 Å². The van der Waals surface area contributed by atoms with Crippen molar-refractivity contribution in [3.63, 3.8) is 0 Å². The molecule has 31 heavy (non-hydrogen) atoms. The molecule has 1 atom stereocenters. The van der Waals surface area contributed by atoms with Crippen molar-refractivity contribution >= 4 is 28.7 Å². The number of hydrogen-bond donors (Lipinski definition) is 1. The Hall–Kier alpha value is -3.00. The van der Waals surface area contributed by atoms with E-state index in [-0.39, 0.29) is 17.2 Å². The number of benzene rings is 2. The highest BCUT2D eigenvalue weighted by atomic mass is 32.2. The summed E-state index contributed by atoms with van der Waals surface area (Å²) in [4.78, 5) is 23.2. The molecule has 1 heterocycles. The zero-order valence-electron chi connectivity index (χ0n) is 18.2. The summed E-state index contributed by atoms with van der Waals surface area (Å²) in [6.45, 7) is 8.13. The summed E-state index contributed by atoms with van der Waals surface area (Å²) in [7, 11) is 0. The van der Waals surface area contributed by atoms with E-state index in [2.05, 4.69) is 30.3 Å². The van der Waals surface area contributed by atoms with Crippen molar-refractivity contribution in [3.05, 3.63) is 59.2 Å². The molecule has 0 saturated carbocycles. The summed E-state index contributed by atoms with van der Waals surface area (Å²) in [5.74, 6) is 1.20. The lowest BCUT2D eigenvalue weighted by atomic mass is 10.1. The summed E-state index contributed by atoms with van der Waals surface area (Å²) in [6.07, 6.45) is 0.763. The lowest BCUT2D eigenvalue weighted by Crippen LogP contribution is -2.25. The molecule has 0 bridgehead atoms. The van der Waals surface area contributed by atoms with Gasteiger partial charge in [0.15, 0.2) is 5.17 Å². The Bertz CT molecular complexity index is 975. The van der Waals surface area contributed by atoms with Gasteiger partial charge in [0.25, 0.3) is 0 Å². The minimum atomic E-state index is -0.320. The summed E-state index contributed by atoms with van der Waals surface area (Å²) in [5.41, 5.74) is 3.36. The summed E-state index contributed by atoms with van der Waals surface area (Å²) >= 11 is 1.32. The molecular formula is C23H27N3O4S. The average molecular weight is 442 g/mol. The van der Waals surface area contributed by atoms with Crippen molar-refractivity contribution in [2.75, 3.05) is 13.2 Å². The number of carbonyl (C=O) groups excluding carboxylic acids is 2. The number of ether oxygens (including phenoxy) is 2. The number of hydrogen-bond acceptors (Lipinski definition) is 6. The Morgan fingerprint density at radius 3 is 2.26 bits per heavy atom. The van der Waals surface area contributed by atoms with E-state index < -0.39 is 0 Å². The molecular weight excluding hydrogens is 414 g/mol. The number of amidine groups is 1. The topological polar surface area (TPSA) is 80.2 Å². The molecule has 1 aliphatic heterocycles. The molecule has 7 nitrogen and oxygen atoms in total. The molecule has 0 unspecified atom stereocenters. The highest BCUT2D eigenvalue weighted by molar-refractivity contribution is 8.14. The second-order valence-corrected chi connectivity index (χ2v) is 8.35. The van der Waals surface area contributed by atoms with Crippen LogP contribution in [0.5, 0.6) is 11.5 Å². The first-order chi connectivity index (χ1) is 14.8. The van der Waals surface area contributed by atoms with Crippen LogP contribution < -0.4 is 14.8 Å². The molecule has 1 aliphatic rings. The van der Waals surface area contributed by atoms with Crippen LogP contribution in [0.4, 0.5) is 0 Å². The van der Waals surface area contributed by atoms with Crippen LogP contribution in [0.1, 0.15) is 42.3 Å². The summed E-state index contributed by atoms with van der Waals surface area (Å²) in [6, 6.07) is 13.6. The van der Waals surface area contributed by atoms with Gasteiger partial charge >= 0.3 is 0 Å². The number of nitrogens with zero attached hydrogens (tertiary/aromatic N) is 2. The number of aryl methyl sites for hydroxylation is 2. The third-order valence-electron chi connectivity index (χ3n) is 4.72. The molecule has 0 aliphatic carbocycles. The van der Waals surface area contributed by atoms with Crippen molar-refractivity contribution in [3.8, 4) is 11.5 Å². The first kappa shape index (κ1) is 22.7. The lowest BCUT2D eigenvalue weighted by molar-refractivity contribution is -0.129. The zero-order valence-corrected chi connectivity index (χ0v) is 19.0. The maximum Gasteiger partial charge on any atom is 0.241 e. The van der Waals surface area contributed by atoms with Gasteiger partial charge in [0.1, 0.15) is 16.9 Å². The van der Waals surface area contributed by atoms with Crippen molar-refractivity contribution in [1.29, 1.82) is 0 Å². The van der Waals surface area contributed by atoms with Crippen molar-refractivity contribution in [1.82, 2.24) is 10.3 Å². The van der Waals surface area contributed by atoms with Crippen LogP contribution >= 0.6 is 11.8 Å². The fourth-order valence-corrected chi connectivity index (χ4v) is 4.09. The van der Waals surface area contributed by atoms with Gasteiger partial charge in [-0.2, -0.15) is 0 Å². The third-order valence-corrected chi connectivity index (χ3v) is 5.82. The first-order valence-electron chi connectivity index (χ1n) is 10.1. The van der Waals surface area contributed by atoms with Crippen molar-refractivity contribution < 1.29 is 19.1 Å². The molecule has 2 amide bonds. The smallest absolute Gasteiger partial charge is 0.241 e. The number of thioether (sulfide) groups is 1. The predicted molar refractivity (Wildman–Crippen MR) is 122 cm³/mol. The Morgan fingerprint density at radius 2 is 1.65 bits per heavy atom. The van der Waals surface area contributed by atoms with Gasteiger partial charge in [-0.1, -0.05) is 30.0 Å². The van der Waals surface area contributed by atoms with Gasteiger partial charge in [0.2, 0.25) is 11.8 Å². The van der Waals surface area contributed by atoms with Crippen LogP contribution in [0, 0.1) is 13.8 Å². The summed E-state index contributed by atoms with van der Waals surface area (Å²) in [5, 5.41) is 8.30. The van der Waals surface area contributed by atoms with Gasteiger partial charge in [-0.05, 0) is 54.8 Å². The standard InChI is InChI=1S/C23H27N3O4S/c1-15-6-9-21(14-16(15)2)30-13-5-12-29-20-10-7-19(8-11-20)22-26(18(4)28)25-23(31-22)24-17(3)27/h6-11,14,22H,5,12-13H2,1-4H3,(H,24,25,27)/t22-/m0/s1. The van der Waals surface area contributed by atoms with Gasteiger partial charge in [-0.15, -0.1) is 5.10 Å². The molecule has 0 saturated heterocycles. The van der Waals surface area contributed by atoms with E-state index in [1.165, 1.54) is 41.7 Å². The van der Waals surface area contributed by atoms with E-state index in [4.69, 9.17) is 9.47 Å². The average Bonchev–Trinajstić information content (AvgIpc) is 3.14. The van der Waals surface area contributed by atoms with Crippen molar-refractivity contribution in [2.24, 2.45) is 5.10 Å². The summed E-state index contributed by atoms with van der Waals surface area (Å²) < 4.78 is 11.6. The number of carbonyl (C=O) groups is 2. The normalized spacial score (nSPS) is 15.4. The predicted octanol–water partition coefficient (Wildman–Crippen LogP) is 4.15. The number of nitrogens with one attached hydrogen (secondary N) is 1. The van der Waals surface area contributed by atoms with Crippen LogP contribution in [-0.2, 0) is 9.59 Å². The second kappa shape index (κ2) is 10.3. The minimum absolute atomic E-state index is 0.193. The Kier molecular flexibility index (Phi) is 7.57. The first-order valence-corrected chi connectivity index (χ1v) is 11.0. The highest BCUT2D eigenvalue weighted by Crippen LogP contribution is 2.39. The van der Waals surface area contributed by atoms with E-state index in [1.54, 1.807) is 0 Å². The van der Waals surface area contributed by atoms with E-state index in [1.807, 2.05) is 36.4 Å². The molecule has 3 rings (SSSR count). The minimum Gasteiger partial charge on any atom is -0.493 e. The fourth-order valence-electron chi connectivity index (χ4n) is 2.95. The number of hydrazone groups is 1. The number of amides is 2. The van der Waals surface area contributed by atoms with Crippen molar-refractivity contribution in [2.45, 2.75) is 39.5 Å². The molecule has 164 valence electrons. The fraction of sp³-hybridized carbons (Fsp3) is 0.348. The van der Waals surface area contributed by atoms with Crippen LogP contribution in [0.25, 0.3) is 0 Å². The number of rotatable bonds is 7. The van der Waals surface area contributed by atoms with Crippen LogP contribution in [0.2, 0.25) is 0 Å². The van der Waals surface area contributed by atoms with Gasteiger partial charge in [0, 0.05) is 20.3 Å².